The second kappa shape index (κ2) is 9.81. The van der Waals surface area contributed by atoms with Crippen LogP contribution in [0.2, 0.25) is 0 Å². The van der Waals surface area contributed by atoms with E-state index in [1.807, 2.05) is 51.1 Å². The van der Waals surface area contributed by atoms with Crippen LogP contribution in [-0.4, -0.2) is 49.3 Å². The van der Waals surface area contributed by atoms with Gasteiger partial charge in [-0.3, -0.25) is 4.98 Å². The average Bonchev–Trinajstić information content (AvgIpc) is 3.36. The smallest absolute Gasteiger partial charge is 0.222 e. The normalized spacial score (nSPS) is 11.6. The van der Waals surface area contributed by atoms with Crippen molar-refractivity contribution in [2.45, 2.75) is 40.0 Å². The highest BCUT2D eigenvalue weighted by Crippen LogP contribution is 2.26. The van der Waals surface area contributed by atoms with E-state index in [-0.39, 0.29) is 18.7 Å². The summed E-state index contributed by atoms with van der Waals surface area (Å²) in [5.41, 5.74) is 8.91. The van der Waals surface area contributed by atoms with Gasteiger partial charge in [-0.05, 0) is 45.0 Å². The van der Waals surface area contributed by atoms with Crippen molar-refractivity contribution in [3.63, 3.8) is 0 Å². The Morgan fingerprint density at radius 3 is 2.66 bits per heavy atom. The third-order valence-corrected chi connectivity index (χ3v) is 4.44. The summed E-state index contributed by atoms with van der Waals surface area (Å²) < 4.78 is 12.7. The van der Waals surface area contributed by atoms with Crippen LogP contribution in [0.25, 0.3) is 22.6 Å². The molecule has 0 aliphatic rings. The Labute approximate surface area is 184 Å². The predicted octanol–water partition coefficient (Wildman–Crippen LogP) is 2.69. The third-order valence-electron chi connectivity index (χ3n) is 4.44. The number of hydrogen-bond acceptors (Lipinski definition) is 10. The summed E-state index contributed by atoms with van der Waals surface area (Å²) in [6.07, 6.45) is 0.157. The van der Waals surface area contributed by atoms with Gasteiger partial charge in [-0.1, -0.05) is 11.3 Å². The summed E-state index contributed by atoms with van der Waals surface area (Å²) in [5, 5.41) is 8.46. The Bertz CT molecular complexity index is 1190. The fourth-order valence-electron chi connectivity index (χ4n) is 3.04. The van der Waals surface area contributed by atoms with Gasteiger partial charge in [-0.15, -0.1) is 5.10 Å². The zero-order chi connectivity index (χ0) is 22.5. The van der Waals surface area contributed by atoms with E-state index in [0.29, 0.717) is 42.4 Å². The number of furan rings is 1. The molecule has 32 heavy (non-hydrogen) atoms. The number of nitrogens with two attached hydrogens (primary N) is 1. The monoisotopic (exact) mass is 439 g/mol. The maximum atomic E-state index is 5.93. The van der Waals surface area contributed by atoms with E-state index in [9.17, 15) is 0 Å². The molecule has 0 atom stereocenters. The number of nitrogens with zero attached hydrogens (tertiary/aromatic N) is 6. The van der Waals surface area contributed by atoms with Crippen LogP contribution in [0.4, 0.5) is 5.95 Å². The topological polar surface area (TPSA) is 136 Å². The van der Waals surface area contributed by atoms with Gasteiger partial charge in [-0.25, -0.2) is 19.4 Å². The van der Waals surface area contributed by atoms with Crippen LogP contribution in [0.5, 0.6) is 0 Å². The summed E-state index contributed by atoms with van der Waals surface area (Å²) in [4.78, 5) is 23.5. The Kier molecular flexibility index (Phi) is 6.69. The molecular formula is C21H25N7O4. The number of rotatable bonds is 10. The molecule has 0 spiro atoms. The summed E-state index contributed by atoms with van der Waals surface area (Å²) in [6.45, 7) is 7.16. The number of anilines is 1. The largest absolute Gasteiger partial charge is 0.460 e. The van der Waals surface area contributed by atoms with E-state index in [1.165, 1.54) is 0 Å². The number of aryl methyl sites for hydroxylation is 1. The number of pyridine rings is 1. The fourth-order valence-corrected chi connectivity index (χ4v) is 3.04. The van der Waals surface area contributed by atoms with E-state index >= 15 is 0 Å². The Hall–Kier alpha value is -3.41. The highest BCUT2D eigenvalue weighted by molar-refractivity contribution is 5.86. The van der Waals surface area contributed by atoms with Crippen molar-refractivity contribution in [2.24, 2.45) is 0 Å². The molecule has 0 saturated carbocycles. The summed E-state index contributed by atoms with van der Waals surface area (Å²) >= 11 is 0. The molecule has 11 heteroatoms. The minimum absolute atomic E-state index is 0.110. The van der Waals surface area contributed by atoms with Crippen LogP contribution < -0.4 is 5.73 Å². The fraction of sp³-hybridized carbons (Fsp3) is 0.381. The lowest BCUT2D eigenvalue weighted by molar-refractivity contribution is -0.309. The van der Waals surface area contributed by atoms with E-state index in [2.05, 4.69) is 25.3 Å². The van der Waals surface area contributed by atoms with E-state index < -0.39 is 0 Å². The first kappa shape index (κ1) is 21.8. The van der Waals surface area contributed by atoms with Crippen molar-refractivity contribution in [3.05, 3.63) is 47.5 Å². The average molecular weight is 439 g/mol. The van der Waals surface area contributed by atoms with Crippen molar-refractivity contribution >= 4 is 17.1 Å². The molecule has 0 saturated heterocycles. The summed E-state index contributed by atoms with van der Waals surface area (Å²) in [7, 11) is 0. The molecule has 2 N–H and O–H groups in total. The molecule has 0 fully saturated rings. The number of aromatic nitrogens is 6. The zero-order valence-corrected chi connectivity index (χ0v) is 18.2. The number of ether oxygens (including phenoxy) is 1. The van der Waals surface area contributed by atoms with Crippen LogP contribution in [0.1, 0.15) is 31.0 Å². The molecule has 0 unspecified atom stereocenters. The molecule has 0 aliphatic carbocycles. The zero-order valence-electron chi connectivity index (χ0n) is 18.2. The highest BCUT2D eigenvalue weighted by atomic mass is 17.2. The molecule has 0 bridgehead atoms. The van der Waals surface area contributed by atoms with Gasteiger partial charge in [0.1, 0.15) is 24.7 Å². The lowest BCUT2D eigenvalue weighted by Gasteiger charge is -2.08. The first-order chi connectivity index (χ1) is 15.5. The molecular weight excluding hydrogens is 414 g/mol. The molecule has 0 amide bonds. The minimum Gasteiger partial charge on any atom is -0.460 e. The van der Waals surface area contributed by atoms with E-state index in [0.717, 1.165) is 17.1 Å². The predicted molar refractivity (Wildman–Crippen MR) is 115 cm³/mol. The van der Waals surface area contributed by atoms with Crippen molar-refractivity contribution in [3.8, 4) is 11.5 Å². The molecule has 4 heterocycles. The number of nitrogen functional groups attached to an aromatic ring is 1. The van der Waals surface area contributed by atoms with Gasteiger partial charge in [0.15, 0.2) is 16.9 Å². The van der Waals surface area contributed by atoms with Gasteiger partial charge in [0.05, 0.1) is 30.6 Å². The van der Waals surface area contributed by atoms with Crippen LogP contribution >= 0.6 is 0 Å². The van der Waals surface area contributed by atoms with Gasteiger partial charge in [0.2, 0.25) is 5.95 Å². The highest BCUT2D eigenvalue weighted by Gasteiger charge is 2.18. The molecule has 0 aliphatic heterocycles. The lowest BCUT2D eigenvalue weighted by Crippen LogP contribution is -2.10. The van der Waals surface area contributed by atoms with Gasteiger partial charge in [0.25, 0.3) is 0 Å². The Morgan fingerprint density at radius 1 is 1.03 bits per heavy atom. The minimum atomic E-state index is 0.110. The summed E-state index contributed by atoms with van der Waals surface area (Å²) in [6, 6.07) is 9.30. The maximum absolute atomic E-state index is 5.93. The van der Waals surface area contributed by atoms with Crippen LogP contribution in [-0.2, 0) is 27.7 Å². The molecule has 0 radical (unpaired) electrons. The Balaban J connectivity index is 1.46. The maximum Gasteiger partial charge on any atom is 0.222 e. The second-order valence-corrected chi connectivity index (χ2v) is 7.38. The number of fused-ring (bicyclic) bond motifs is 1. The molecule has 4 aromatic heterocycles. The number of hydrogen-bond donors (Lipinski definition) is 1. The van der Waals surface area contributed by atoms with Crippen LogP contribution in [0.15, 0.2) is 34.7 Å². The third kappa shape index (κ3) is 5.25. The Morgan fingerprint density at radius 2 is 1.88 bits per heavy atom. The van der Waals surface area contributed by atoms with Gasteiger partial charge in [0, 0.05) is 0 Å². The van der Waals surface area contributed by atoms with Crippen LogP contribution in [0.3, 0.4) is 0 Å². The molecule has 4 aromatic rings. The SMILES string of the molecule is Cc1ccc(-c2nc(N)nc3c2nnn3Cc2cccc(COOCCOC(C)C)n2)o1. The molecule has 4 rings (SSSR count). The van der Waals surface area contributed by atoms with Crippen molar-refractivity contribution < 1.29 is 18.9 Å². The van der Waals surface area contributed by atoms with Crippen molar-refractivity contribution in [2.75, 3.05) is 18.9 Å². The lowest BCUT2D eigenvalue weighted by atomic mass is 10.3. The molecule has 11 nitrogen and oxygen atoms in total. The van der Waals surface area contributed by atoms with Crippen molar-refractivity contribution in [1.82, 2.24) is 29.9 Å². The van der Waals surface area contributed by atoms with Gasteiger partial charge in [-0.2, -0.15) is 4.98 Å². The quantitative estimate of drug-likeness (QED) is 0.223. The van der Waals surface area contributed by atoms with Crippen LogP contribution in [0, 0.1) is 6.92 Å². The molecule has 0 aromatic carbocycles. The van der Waals surface area contributed by atoms with Gasteiger partial charge < -0.3 is 14.9 Å². The van der Waals surface area contributed by atoms with E-state index in [4.69, 9.17) is 24.7 Å². The van der Waals surface area contributed by atoms with Crippen molar-refractivity contribution in [1.29, 1.82) is 0 Å². The summed E-state index contributed by atoms with van der Waals surface area (Å²) in [5.74, 6) is 1.43. The first-order valence-electron chi connectivity index (χ1n) is 10.2. The van der Waals surface area contributed by atoms with Gasteiger partial charge >= 0.3 is 0 Å². The second-order valence-electron chi connectivity index (χ2n) is 7.38. The first-order valence-corrected chi connectivity index (χ1v) is 10.2. The van der Waals surface area contributed by atoms with E-state index in [1.54, 1.807) is 4.68 Å². The standard InChI is InChI=1S/C21H25N7O4/c1-13(2)29-9-10-30-31-12-16-6-4-5-15(23-16)11-28-20-19(26-27-28)18(24-21(22)25-20)17-8-7-14(3)32-17/h4-8,13H,9-12H2,1-3H3,(H2,22,24,25). The molecule has 168 valence electrons.